The Morgan fingerprint density at radius 3 is 2.95 bits per heavy atom. The second-order valence-corrected chi connectivity index (χ2v) is 6.20. The van der Waals surface area contributed by atoms with Crippen LogP contribution in [-0.2, 0) is 6.54 Å². The molecule has 0 bridgehead atoms. The summed E-state index contributed by atoms with van der Waals surface area (Å²) in [6.07, 6.45) is 0. The third-order valence-electron chi connectivity index (χ3n) is 2.65. The highest BCUT2D eigenvalue weighted by Gasteiger charge is 2.15. The van der Waals surface area contributed by atoms with E-state index in [1.54, 1.807) is 11.3 Å². The largest absolute Gasteiger partial charge is 0.406 e. The van der Waals surface area contributed by atoms with Gasteiger partial charge in [-0.3, -0.25) is 0 Å². The van der Waals surface area contributed by atoms with E-state index in [0.717, 1.165) is 17.6 Å². The number of thiophene rings is 1. The SMILES string of the molecule is CCNC(C)c1nnc(N(C)Cc2cc(Br)cs2)o1. The predicted molar refractivity (Wildman–Crippen MR) is 80.5 cm³/mol. The molecule has 0 aliphatic rings. The van der Waals surface area contributed by atoms with Gasteiger partial charge in [0.15, 0.2) is 0 Å². The molecule has 1 atom stereocenters. The number of rotatable bonds is 6. The lowest BCUT2D eigenvalue weighted by molar-refractivity contribution is 0.421. The summed E-state index contributed by atoms with van der Waals surface area (Å²) in [6, 6.07) is 2.72. The molecule has 0 aromatic carbocycles. The second-order valence-electron chi connectivity index (χ2n) is 4.29. The minimum atomic E-state index is 0.0792. The van der Waals surface area contributed by atoms with Crippen LogP contribution in [0.5, 0.6) is 0 Å². The zero-order valence-electron chi connectivity index (χ0n) is 11.2. The maximum Gasteiger partial charge on any atom is 0.318 e. The third-order valence-corrected chi connectivity index (χ3v) is 4.33. The molecule has 2 rings (SSSR count). The molecule has 0 saturated carbocycles. The number of aromatic nitrogens is 2. The van der Waals surface area contributed by atoms with E-state index in [1.807, 2.05) is 18.9 Å². The molecule has 0 aliphatic carbocycles. The molecule has 2 aromatic heterocycles. The van der Waals surface area contributed by atoms with Gasteiger partial charge < -0.3 is 14.6 Å². The van der Waals surface area contributed by atoms with Crippen molar-refractivity contribution in [3.05, 3.63) is 26.7 Å². The Bertz CT molecular complexity index is 527. The van der Waals surface area contributed by atoms with Crippen LogP contribution in [0.3, 0.4) is 0 Å². The molecular weight excluding hydrogens is 328 g/mol. The van der Waals surface area contributed by atoms with Gasteiger partial charge in [0, 0.05) is 21.8 Å². The van der Waals surface area contributed by atoms with Crippen molar-refractivity contribution < 1.29 is 4.42 Å². The highest BCUT2D eigenvalue weighted by molar-refractivity contribution is 9.10. The molecule has 104 valence electrons. The van der Waals surface area contributed by atoms with Crippen LogP contribution in [-0.4, -0.2) is 23.8 Å². The summed E-state index contributed by atoms with van der Waals surface area (Å²) in [4.78, 5) is 3.20. The lowest BCUT2D eigenvalue weighted by Gasteiger charge is -2.12. The number of nitrogens with zero attached hydrogens (tertiary/aromatic N) is 3. The van der Waals surface area contributed by atoms with Gasteiger partial charge >= 0.3 is 6.01 Å². The lowest BCUT2D eigenvalue weighted by atomic mass is 10.3. The number of hydrogen-bond acceptors (Lipinski definition) is 6. The van der Waals surface area contributed by atoms with Crippen LogP contribution in [0, 0.1) is 0 Å². The normalized spacial score (nSPS) is 12.6. The van der Waals surface area contributed by atoms with E-state index in [4.69, 9.17) is 4.42 Å². The predicted octanol–water partition coefficient (Wildman–Crippen LogP) is 3.20. The van der Waals surface area contributed by atoms with Crippen LogP contribution >= 0.6 is 27.3 Å². The van der Waals surface area contributed by atoms with E-state index < -0.39 is 0 Å². The maximum atomic E-state index is 5.67. The van der Waals surface area contributed by atoms with Gasteiger partial charge in [0.1, 0.15) is 0 Å². The molecule has 1 N–H and O–H groups in total. The maximum absolute atomic E-state index is 5.67. The fourth-order valence-electron chi connectivity index (χ4n) is 1.69. The van der Waals surface area contributed by atoms with Gasteiger partial charge in [-0.05, 0) is 35.5 Å². The van der Waals surface area contributed by atoms with Crippen molar-refractivity contribution in [3.8, 4) is 0 Å². The smallest absolute Gasteiger partial charge is 0.318 e. The Kier molecular flexibility index (Phi) is 4.95. The summed E-state index contributed by atoms with van der Waals surface area (Å²) in [5.74, 6) is 0.621. The molecule has 1 unspecified atom stereocenters. The Hall–Kier alpha value is -0.920. The Morgan fingerprint density at radius 1 is 1.53 bits per heavy atom. The van der Waals surface area contributed by atoms with Gasteiger partial charge in [0.25, 0.3) is 0 Å². The topological polar surface area (TPSA) is 54.2 Å². The van der Waals surface area contributed by atoms with Crippen LogP contribution in [0.2, 0.25) is 0 Å². The number of halogens is 1. The van der Waals surface area contributed by atoms with E-state index in [9.17, 15) is 0 Å². The standard InChI is InChI=1S/C12H17BrN4OS/c1-4-14-8(2)11-15-16-12(18-11)17(3)6-10-5-9(13)7-19-10/h5,7-8,14H,4,6H2,1-3H3. The first-order valence-corrected chi connectivity index (χ1v) is 7.78. The summed E-state index contributed by atoms with van der Waals surface area (Å²) in [5, 5.41) is 13.5. The first-order chi connectivity index (χ1) is 9.10. The summed E-state index contributed by atoms with van der Waals surface area (Å²) < 4.78 is 6.78. The van der Waals surface area contributed by atoms with Crippen molar-refractivity contribution in [1.29, 1.82) is 0 Å². The van der Waals surface area contributed by atoms with Gasteiger partial charge in [-0.2, -0.15) is 0 Å². The first-order valence-electron chi connectivity index (χ1n) is 6.11. The molecule has 0 saturated heterocycles. The van der Waals surface area contributed by atoms with E-state index in [0.29, 0.717) is 11.9 Å². The quantitative estimate of drug-likeness (QED) is 0.871. The fourth-order valence-corrected chi connectivity index (χ4v) is 3.19. The monoisotopic (exact) mass is 344 g/mol. The third kappa shape index (κ3) is 3.77. The van der Waals surface area contributed by atoms with Crippen LogP contribution < -0.4 is 10.2 Å². The Labute approximate surface area is 125 Å². The number of hydrogen-bond donors (Lipinski definition) is 1. The zero-order valence-corrected chi connectivity index (χ0v) is 13.6. The van der Waals surface area contributed by atoms with Crippen LogP contribution in [0.25, 0.3) is 0 Å². The number of anilines is 1. The minimum Gasteiger partial charge on any atom is -0.406 e. The fraction of sp³-hybridized carbons (Fsp3) is 0.500. The van der Waals surface area contributed by atoms with Crippen LogP contribution in [0.4, 0.5) is 6.01 Å². The zero-order chi connectivity index (χ0) is 13.8. The van der Waals surface area contributed by atoms with Crippen molar-refractivity contribution in [2.45, 2.75) is 26.4 Å². The summed E-state index contributed by atoms with van der Waals surface area (Å²) in [7, 11) is 1.95. The van der Waals surface area contributed by atoms with Crippen molar-refractivity contribution in [2.75, 3.05) is 18.5 Å². The molecular formula is C12H17BrN4OS. The summed E-state index contributed by atoms with van der Waals surface area (Å²) in [5.41, 5.74) is 0. The van der Waals surface area contributed by atoms with Gasteiger partial charge in [0.05, 0.1) is 12.6 Å². The lowest BCUT2D eigenvalue weighted by Crippen LogP contribution is -2.18. The first kappa shape index (κ1) is 14.5. The molecule has 19 heavy (non-hydrogen) atoms. The van der Waals surface area contributed by atoms with Crippen molar-refractivity contribution in [1.82, 2.24) is 15.5 Å². The van der Waals surface area contributed by atoms with Crippen molar-refractivity contribution >= 4 is 33.3 Å². The second kappa shape index (κ2) is 6.49. The van der Waals surface area contributed by atoms with Gasteiger partial charge in [-0.15, -0.1) is 16.4 Å². The molecule has 2 heterocycles. The van der Waals surface area contributed by atoms with Gasteiger partial charge in [-0.25, -0.2) is 0 Å². The molecule has 2 aromatic rings. The highest BCUT2D eigenvalue weighted by atomic mass is 79.9. The summed E-state index contributed by atoms with van der Waals surface area (Å²) >= 11 is 5.15. The number of nitrogens with one attached hydrogen (secondary N) is 1. The molecule has 0 spiro atoms. The van der Waals surface area contributed by atoms with Crippen molar-refractivity contribution in [3.63, 3.8) is 0 Å². The molecule has 5 nitrogen and oxygen atoms in total. The Morgan fingerprint density at radius 2 is 2.32 bits per heavy atom. The van der Waals surface area contributed by atoms with E-state index in [2.05, 4.69) is 49.8 Å². The van der Waals surface area contributed by atoms with Crippen molar-refractivity contribution in [2.24, 2.45) is 0 Å². The average Bonchev–Trinajstić information content (AvgIpc) is 2.98. The van der Waals surface area contributed by atoms with Crippen LogP contribution in [0.1, 0.15) is 30.7 Å². The average molecular weight is 345 g/mol. The van der Waals surface area contributed by atoms with Gasteiger partial charge in [-0.1, -0.05) is 12.0 Å². The molecule has 0 amide bonds. The molecule has 0 fully saturated rings. The van der Waals surface area contributed by atoms with E-state index in [1.165, 1.54) is 4.88 Å². The van der Waals surface area contributed by atoms with Gasteiger partial charge in [0.2, 0.25) is 5.89 Å². The van der Waals surface area contributed by atoms with Crippen LogP contribution in [0.15, 0.2) is 20.3 Å². The molecule has 0 radical (unpaired) electrons. The molecule has 7 heteroatoms. The van der Waals surface area contributed by atoms with E-state index >= 15 is 0 Å². The highest BCUT2D eigenvalue weighted by Crippen LogP contribution is 2.23. The van der Waals surface area contributed by atoms with E-state index in [-0.39, 0.29) is 6.04 Å². The Balaban J connectivity index is 2.01. The summed E-state index contributed by atoms with van der Waals surface area (Å²) in [6.45, 7) is 5.69. The molecule has 0 aliphatic heterocycles. The minimum absolute atomic E-state index is 0.0792.